The SMILES string of the molecule is O=C(O)CC1CN(C(=O)c2ccccc2OC2CCCCC2)CCO1. The molecule has 1 saturated carbocycles. The van der Waals surface area contributed by atoms with Gasteiger partial charge >= 0.3 is 5.97 Å². The van der Waals surface area contributed by atoms with Gasteiger partial charge in [-0.2, -0.15) is 0 Å². The third kappa shape index (κ3) is 4.72. The Labute approximate surface area is 147 Å². The summed E-state index contributed by atoms with van der Waals surface area (Å²) in [6.07, 6.45) is 5.27. The van der Waals surface area contributed by atoms with E-state index < -0.39 is 12.1 Å². The van der Waals surface area contributed by atoms with E-state index in [9.17, 15) is 9.59 Å². The van der Waals surface area contributed by atoms with Crippen LogP contribution in [0.1, 0.15) is 48.9 Å². The second-order valence-corrected chi connectivity index (χ2v) is 6.72. The predicted molar refractivity (Wildman–Crippen MR) is 91.8 cm³/mol. The largest absolute Gasteiger partial charge is 0.490 e. The van der Waals surface area contributed by atoms with Crippen LogP contribution >= 0.6 is 0 Å². The molecule has 0 bridgehead atoms. The minimum atomic E-state index is -0.916. The summed E-state index contributed by atoms with van der Waals surface area (Å²) in [5, 5.41) is 8.93. The molecule has 1 N–H and O–H groups in total. The van der Waals surface area contributed by atoms with Crippen LogP contribution in [0, 0.1) is 0 Å². The second kappa shape index (κ2) is 8.34. The Bertz CT molecular complexity index is 612. The lowest BCUT2D eigenvalue weighted by Crippen LogP contribution is -2.46. The lowest BCUT2D eigenvalue weighted by atomic mass is 9.97. The first-order valence-corrected chi connectivity index (χ1v) is 9.02. The molecule has 1 aliphatic carbocycles. The molecule has 0 radical (unpaired) electrons. The molecule has 2 aliphatic rings. The number of carbonyl (C=O) groups excluding carboxylic acids is 1. The molecule has 25 heavy (non-hydrogen) atoms. The van der Waals surface area contributed by atoms with E-state index in [1.54, 1.807) is 11.0 Å². The Morgan fingerprint density at radius 3 is 2.72 bits per heavy atom. The molecule has 0 aromatic heterocycles. The standard InChI is InChI=1S/C19H25NO5/c21-18(22)12-15-13-20(10-11-24-15)19(23)16-8-4-5-9-17(16)25-14-6-2-1-3-7-14/h4-5,8-9,14-15H,1-3,6-7,10-13H2,(H,21,22). The van der Waals surface area contributed by atoms with E-state index in [1.807, 2.05) is 18.2 Å². The van der Waals surface area contributed by atoms with Gasteiger partial charge in [-0.1, -0.05) is 18.6 Å². The molecule has 3 rings (SSSR count). The van der Waals surface area contributed by atoms with E-state index in [1.165, 1.54) is 19.3 Å². The highest BCUT2D eigenvalue weighted by molar-refractivity contribution is 5.97. The van der Waals surface area contributed by atoms with Crippen molar-refractivity contribution in [1.29, 1.82) is 0 Å². The van der Waals surface area contributed by atoms with E-state index in [2.05, 4.69) is 0 Å². The summed E-state index contributed by atoms with van der Waals surface area (Å²) in [5.41, 5.74) is 0.545. The van der Waals surface area contributed by atoms with E-state index >= 15 is 0 Å². The number of para-hydroxylation sites is 1. The molecule has 2 fully saturated rings. The Morgan fingerprint density at radius 1 is 1.20 bits per heavy atom. The van der Waals surface area contributed by atoms with Crippen molar-refractivity contribution in [3.8, 4) is 5.75 Å². The van der Waals surface area contributed by atoms with Gasteiger partial charge in [0.25, 0.3) is 5.91 Å². The molecule has 1 aliphatic heterocycles. The number of ether oxygens (including phenoxy) is 2. The van der Waals surface area contributed by atoms with Crippen LogP contribution in [0.25, 0.3) is 0 Å². The quantitative estimate of drug-likeness (QED) is 0.886. The van der Waals surface area contributed by atoms with Gasteiger partial charge in [0, 0.05) is 13.1 Å². The molecule has 136 valence electrons. The zero-order valence-electron chi connectivity index (χ0n) is 14.4. The van der Waals surface area contributed by atoms with Crippen molar-refractivity contribution in [3.63, 3.8) is 0 Å². The molecule has 0 spiro atoms. The molecule has 1 amide bonds. The van der Waals surface area contributed by atoms with Crippen LogP contribution in [0.15, 0.2) is 24.3 Å². The van der Waals surface area contributed by atoms with E-state index in [0.717, 1.165) is 12.8 Å². The molecule has 1 aromatic rings. The molecule has 1 aromatic carbocycles. The highest BCUT2D eigenvalue weighted by Gasteiger charge is 2.28. The van der Waals surface area contributed by atoms with Crippen LogP contribution in [0.5, 0.6) is 5.75 Å². The summed E-state index contributed by atoms with van der Waals surface area (Å²) in [6, 6.07) is 7.33. The van der Waals surface area contributed by atoms with Crippen molar-refractivity contribution in [2.75, 3.05) is 19.7 Å². The molecule has 1 heterocycles. The zero-order valence-corrected chi connectivity index (χ0v) is 14.4. The fourth-order valence-electron chi connectivity index (χ4n) is 3.50. The Balaban J connectivity index is 1.69. The van der Waals surface area contributed by atoms with Crippen molar-refractivity contribution in [2.45, 2.75) is 50.7 Å². The average Bonchev–Trinajstić information content (AvgIpc) is 2.62. The average molecular weight is 347 g/mol. The number of aliphatic carboxylic acids is 1. The van der Waals surface area contributed by atoms with Crippen LogP contribution in [-0.2, 0) is 9.53 Å². The van der Waals surface area contributed by atoms with Gasteiger partial charge in [-0.05, 0) is 37.8 Å². The summed E-state index contributed by atoms with van der Waals surface area (Å²) >= 11 is 0. The lowest BCUT2D eigenvalue weighted by Gasteiger charge is -2.33. The summed E-state index contributed by atoms with van der Waals surface area (Å²) in [7, 11) is 0. The number of hydrogen-bond donors (Lipinski definition) is 1. The van der Waals surface area contributed by atoms with Gasteiger partial charge in [-0.3, -0.25) is 9.59 Å². The van der Waals surface area contributed by atoms with Crippen molar-refractivity contribution < 1.29 is 24.2 Å². The minimum Gasteiger partial charge on any atom is -0.490 e. The number of morpholine rings is 1. The van der Waals surface area contributed by atoms with Gasteiger partial charge in [0.05, 0.1) is 30.8 Å². The predicted octanol–water partition coefficient (Wildman–Crippen LogP) is 2.71. The van der Waals surface area contributed by atoms with Crippen molar-refractivity contribution >= 4 is 11.9 Å². The van der Waals surface area contributed by atoms with Gasteiger partial charge in [0.1, 0.15) is 5.75 Å². The molecule has 1 atom stereocenters. The van der Waals surface area contributed by atoms with E-state index in [4.69, 9.17) is 14.6 Å². The van der Waals surface area contributed by atoms with Crippen LogP contribution in [-0.4, -0.2) is 53.8 Å². The Morgan fingerprint density at radius 2 is 1.96 bits per heavy atom. The number of benzene rings is 1. The third-order valence-corrected chi connectivity index (χ3v) is 4.79. The van der Waals surface area contributed by atoms with Gasteiger partial charge in [0.2, 0.25) is 0 Å². The number of hydrogen-bond acceptors (Lipinski definition) is 4. The molecular formula is C19H25NO5. The number of carboxylic acids is 1. The zero-order chi connectivity index (χ0) is 17.6. The second-order valence-electron chi connectivity index (χ2n) is 6.72. The van der Waals surface area contributed by atoms with Crippen LogP contribution in [0.3, 0.4) is 0 Å². The Hall–Kier alpha value is -2.08. The van der Waals surface area contributed by atoms with Crippen molar-refractivity contribution in [2.24, 2.45) is 0 Å². The van der Waals surface area contributed by atoms with E-state index in [0.29, 0.717) is 31.0 Å². The number of carboxylic acid groups (broad SMARTS) is 1. The normalized spacial score (nSPS) is 21.8. The Kier molecular flexibility index (Phi) is 5.91. The van der Waals surface area contributed by atoms with Gasteiger partial charge in [0.15, 0.2) is 0 Å². The van der Waals surface area contributed by atoms with E-state index in [-0.39, 0.29) is 18.4 Å². The molecule has 6 heteroatoms. The molecule has 1 unspecified atom stereocenters. The molecule has 1 saturated heterocycles. The van der Waals surface area contributed by atoms with Gasteiger partial charge in [-0.15, -0.1) is 0 Å². The fourth-order valence-corrected chi connectivity index (χ4v) is 3.50. The van der Waals surface area contributed by atoms with Crippen LogP contribution < -0.4 is 4.74 Å². The first kappa shape index (κ1) is 17.7. The highest BCUT2D eigenvalue weighted by atomic mass is 16.5. The number of rotatable bonds is 5. The maximum atomic E-state index is 12.9. The summed E-state index contributed by atoms with van der Waals surface area (Å²) in [6.45, 7) is 1.12. The maximum absolute atomic E-state index is 12.9. The van der Waals surface area contributed by atoms with Crippen LogP contribution in [0.4, 0.5) is 0 Å². The number of carbonyl (C=O) groups is 2. The molecular weight excluding hydrogens is 322 g/mol. The first-order valence-electron chi connectivity index (χ1n) is 9.02. The minimum absolute atomic E-state index is 0.0933. The van der Waals surface area contributed by atoms with Gasteiger partial charge < -0.3 is 19.5 Å². The summed E-state index contributed by atoms with van der Waals surface area (Å²) in [5.74, 6) is -0.411. The smallest absolute Gasteiger partial charge is 0.306 e. The lowest BCUT2D eigenvalue weighted by molar-refractivity contribution is -0.141. The third-order valence-electron chi connectivity index (χ3n) is 4.79. The highest BCUT2D eigenvalue weighted by Crippen LogP contribution is 2.27. The molecule has 6 nitrogen and oxygen atoms in total. The monoisotopic (exact) mass is 347 g/mol. The summed E-state index contributed by atoms with van der Waals surface area (Å²) < 4.78 is 11.6. The van der Waals surface area contributed by atoms with Crippen molar-refractivity contribution in [1.82, 2.24) is 4.90 Å². The topological polar surface area (TPSA) is 76.1 Å². The number of nitrogens with zero attached hydrogens (tertiary/aromatic N) is 1. The fraction of sp³-hybridized carbons (Fsp3) is 0.579. The maximum Gasteiger partial charge on any atom is 0.306 e. The summed E-state index contributed by atoms with van der Waals surface area (Å²) in [4.78, 5) is 25.5. The number of amides is 1. The first-order chi connectivity index (χ1) is 12.1. The van der Waals surface area contributed by atoms with Crippen molar-refractivity contribution in [3.05, 3.63) is 29.8 Å². The van der Waals surface area contributed by atoms with Gasteiger partial charge in [-0.25, -0.2) is 0 Å². The van der Waals surface area contributed by atoms with Crippen LogP contribution in [0.2, 0.25) is 0 Å².